The molecule has 0 radical (unpaired) electrons. The summed E-state index contributed by atoms with van der Waals surface area (Å²) in [6.45, 7) is 0.229. The second kappa shape index (κ2) is 6.76. The predicted octanol–water partition coefficient (Wildman–Crippen LogP) is 3.84. The SMILES string of the molecule is O=C(NCCc1ccc(F)c(Br)c1)c1cc(F)ccc1F. The van der Waals surface area contributed by atoms with Crippen molar-refractivity contribution < 1.29 is 18.0 Å². The maximum atomic E-state index is 13.4. The molecule has 0 aliphatic rings. The highest BCUT2D eigenvalue weighted by Gasteiger charge is 2.12. The molecule has 0 saturated heterocycles. The zero-order valence-corrected chi connectivity index (χ0v) is 12.4. The summed E-state index contributed by atoms with van der Waals surface area (Å²) in [5.74, 6) is -2.51. The zero-order chi connectivity index (χ0) is 15.4. The third kappa shape index (κ3) is 4.07. The monoisotopic (exact) mass is 357 g/mol. The molecule has 1 amide bonds. The summed E-state index contributed by atoms with van der Waals surface area (Å²) in [6, 6.07) is 7.20. The lowest BCUT2D eigenvalue weighted by molar-refractivity contribution is 0.0949. The van der Waals surface area contributed by atoms with Gasteiger partial charge in [-0.05, 0) is 58.2 Å². The molecule has 0 unspecified atom stereocenters. The molecule has 0 aliphatic carbocycles. The molecule has 0 aliphatic heterocycles. The third-order valence-corrected chi connectivity index (χ3v) is 3.46. The van der Waals surface area contributed by atoms with Crippen LogP contribution in [0.1, 0.15) is 15.9 Å². The molecule has 0 spiro atoms. The highest BCUT2D eigenvalue weighted by molar-refractivity contribution is 9.10. The Hall–Kier alpha value is -1.82. The minimum absolute atomic E-state index is 0.229. The summed E-state index contributed by atoms with van der Waals surface area (Å²) >= 11 is 3.07. The number of amides is 1. The van der Waals surface area contributed by atoms with E-state index in [1.807, 2.05) is 0 Å². The lowest BCUT2D eigenvalue weighted by atomic mass is 10.1. The molecule has 0 atom stereocenters. The number of halogens is 4. The Balaban J connectivity index is 1.95. The summed E-state index contributed by atoms with van der Waals surface area (Å²) in [4.78, 5) is 11.7. The van der Waals surface area contributed by atoms with Crippen molar-refractivity contribution in [1.82, 2.24) is 5.32 Å². The Labute approximate surface area is 128 Å². The van der Waals surface area contributed by atoms with Crippen molar-refractivity contribution in [2.75, 3.05) is 6.54 Å². The molecule has 0 fully saturated rings. The van der Waals surface area contributed by atoms with Gasteiger partial charge in [0.25, 0.3) is 5.91 Å². The first-order valence-electron chi connectivity index (χ1n) is 6.14. The van der Waals surface area contributed by atoms with Crippen molar-refractivity contribution in [3.05, 3.63) is 69.4 Å². The van der Waals surface area contributed by atoms with Crippen molar-refractivity contribution in [1.29, 1.82) is 0 Å². The average molecular weight is 358 g/mol. The van der Waals surface area contributed by atoms with Gasteiger partial charge in [-0.15, -0.1) is 0 Å². The van der Waals surface area contributed by atoms with Gasteiger partial charge in [0, 0.05) is 6.54 Å². The molecule has 110 valence electrons. The minimum Gasteiger partial charge on any atom is -0.352 e. The van der Waals surface area contributed by atoms with E-state index in [1.165, 1.54) is 6.07 Å². The molecule has 0 saturated carbocycles. The van der Waals surface area contributed by atoms with Crippen LogP contribution < -0.4 is 5.32 Å². The van der Waals surface area contributed by atoms with Crippen LogP contribution >= 0.6 is 15.9 Å². The van der Waals surface area contributed by atoms with E-state index < -0.39 is 17.5 Å². The Morgan fingerprint density at radius 1 is 1.05 bits per heavy atom. The fraction of sp³-hybridized carbons (Fsp3) is 0.133. The van der Waals surface area contributed by atoms with E-state index in [9.17, 15) is 18.0 Å². The summed E-state index contributed by atoms with van der Waals surface area (Å²) in [7, 11) is 0. The molecular weight excluding hydrogens is 347 g/mol. The van der Waals surface area contributed by atoms with Gasteiger partial charge in [0.15, 0.2) is 0 Å². The predicted molar refractivity (Wildman–Crippen MR) is 76.5 cm³/mol. The maximum Gasteiger partial charge on any atom is 0.254 e. The lowest BCUT2D eigenvalue weighted by Gasteiger charge is -2.07. The van der Waals surface area contributed by atoms with Gasteiger partial charge in [-0.2, -0.15) is 0 Å². The average Bonchev–Trinajstić information content (AvgIpc) is 2.45. The molecule has 0 bridgehead atoms. The molecule has 21 heavy (non-hydrogen) atoms. The van der Waals surface area contributed by atoms with Crippen LogP contribution in [0.3, 0.4) is 0 Å². The lowest BCUT2D eigenvalue weighted by Crippen LogP contribution is -2.26. The largest absolute Gasteiger partial charge is 0.352 e. The number of hydrogen-bond donors (Lipinski definition) is 1. The number of hydrogen-bond acceptors (Lipinski definition) is 1. The van der Waals surface area contributed by atoms with E-state index in [2.05, 4.69) is 21.2 Å². The second-order valence-corrected chi connectivity index (χ2v) is 5.23. The molecule has 6 heteroatoms. The van der Waals surface area contributed by atoms with Crippen LogP contribution in [-0.4, -0.2) is 12.5 Å². The number of rotatable bonds is 4. The van der Waals surface area contributed by atoms with Gasteiger partial charge in [0.05, 0.1) is 10.0 Å². The van der Waals surface area contributed by atoms with Crippen molar-refractivity contribution in [2.24, 2.45) is 0 Å². The summed E-state index contributed by atoms with van der Waals surface area (Å²) in [6.07, 6.45) is 0.446. The molecule has 2 nitrogen and oxygen atoms in total. The fourth-order valence-electron chi connectivity index (χ4n) is 1.78. The number of benzene rings is 2. The second-order valence-electron chi connectivity index (χ2n) is 4.38. The van der Waals surface area contributed by atoms with Crippen molar-refractivity contribution in [2.45, 2.75) is 6.42 Å². The van der Waals surface area contributed by atoms with Crippen LogP contribution in [0, 0.1) is 17.5 Å². The van der Waals surface area contributed by atoms with Gasteiger partial charge in [-0.25, -0.2) is 13.2 Å². The molecular formula is C15H11BrF3NO. The van der Waals surface area contributed by atoms with Gasteiger partial charge >= 0.3 is 0 Å². The first-order valence-corrected chi connectivity index (χ1v) is 6.94. The van der Waals surface area contributed by atoms with Gasteiger partial charge < -0.3 is 5.32 Å². The maximum absolute atomic E-state index is 13.4. The summed E-state index contributed by atoms with van der Waals surface area (Å²) < 4.78 is 39.8. The van der Waals surface area contributed by atoms with Gasteiger partial charge in [-0.3, -0.25) is 4.79 Å². The zero-order valence-electron chi connectivity index (χ0n) is 10.8. The molecule has 2 aromatic carbocycles. The first kappa shape index (κ1) is 15.6. The van der Waals surface area contributed by atoms with Crippen LogP contribution in [0.2, 0.25) is 0 Å². The molecule has 2 rings (SSSR count). The van der Waals surface area contributed by atoms with E-state index in [0.29, 0.717) is 10.9 Å². The van der Waals surface area contributed by atoms with Crippen molar-refractivity contribution >= 4 is 21.8 Å². The van der Waals surface area contributed by atoms with Crippen LogP contribution in [0.4, 0.5) is 13.2 Å². The summed E-state index contributed by atoms with van der Waals surface area (Å²) in [5.41, 5.74) is 0.471. The van der Waals surface area contributed by atoms with Gasteiger partial charge in [0.1, 0.15) is 17.5 Å². The smallest absolute Gasteiger partial charge is 0.254 e. The van der Waals surface area contributed by atoms with E-state index in [0.717, 1.165) is 23.8 Å². The fourth-order valence-corrected chi connectivity index (χ4v) is 2.21. The van der Waals surface area contributed by atoms with E-state index in [1.54, 1.807) is 12.1 Å². The Morgan fingerprint density at radius 2 is 1.76 bits per heavy atom. The van der Waals surface area contributed by atoms with E-state index in [-0.39, 0.29) is 17.9 Å². The molecule has 2 aromatic rings. The molecule has 0 heterocycles. The Bertz CT molecular complexity index is 676. The first-order chi connectivity index (χ1) is 9.97. The number of carbonyl (C=O) groups is 1. The van der Waals surface area contributed by atoms with Crippen molar-refractivity contribution in [3.8, 4) is 0 Å². The van der Waals surface area contributed by atoms with Crippen LogP contribution in [0.5, 0.6) is 0 Å². The standard InChI is InChI=1S/C15H11BrF3NO/c16-12-7-9(1-3-14(12)19)5-6-20-15(21)11-8-10(17)2-4-13(11)18/h1-4,7-8H,5-6H2,(H,20,21). The molecule has 0 aromatic heterocycles. The Morgan fingerprint density at radius 3 is 2.48 bits per heavy atom. The summed E-state index contributed by atoms with van der Waals surface area (Å²) in [5, 5.41) is 2.49. The molecule has 1 N–H and O–H groups in total. The number of nitrogens with one attached hydrogen (secondary N) is 1. The van der Waals surface area contributed by atoms with Gasteiger partial charge in [-0.1, -0.05) is 6.07 Å². The number of carbonyl (C=O) groups excluding carboxylic acids is 1. The highest BCUT2D eigenvalue weighted by Crippen LogP contribution is 2.17. The van der Waals surface area contributed by atoms with Crippen LogP contribution in [-0.2, 0) is 6.42 Å². The highest BCUT2D eigenvalue weighted by atomic mass is 79.9. The van der Waals surface area contributed by atoms with E-state index >= 15 is 0 Å². The Kier molecular flexibility index (Phi) is 5.01. The normalized spacial score (nSPS) is 10.5. The minimum atomic E-state index is -0.779. The van der Waals surface area contributed by atoms with Crippen LogP contribution in [0.15, 0.2) is 40.9 Å². The quantitative estimate of drug-likeness (QED) is 0.884. The third-order valence-electron chi connectivity index (χ3n) is 2.86. The van der Waals surface area contributed by atoms with Gasteiger partial charge in [0.2, 0.25) is 0 Å². The van der Waals surface area contributed by atoms with Crippen LogP contribution in [0.25, 0.3) is 0 Å². The van der Waals surface area contributed by atoms with E-state index in [4.69, 9.17) is 0 Å². The van der Waals surface area contributed by atoms with Crippen molar-refractivity contribution in [3.63, 3.8) is 0 Å². The topological polar surface area (TPSA) is 29.1 Å².